The lowest BCUT2D eigenvalue weighted by atomic mass is 10.3. The summed E-state index contributed by atoms with van der Waals surface area (Å²) in [6, 6.07) is 10.9. The molecule has 0 amide bonds. The molecule has 96 valence electrons. The smallest absolute Gasteiger partial charge is 0.257 e. The van der Waals surface area contributed by atoms with Crippen LogP contribution in [0, 0.1) is 11.3 Å². The zero-order chi connectivity index (χ0) is 13.0. The normalized spacial score (nSPS) is 15.1. The van der Waals surface area contributed by atoms with E-state index < -0.39 is 10.2 Å². The average Bonchev–Trinajstić information content (AvgIpc) is 3.14. The van der Waals surface area contributed by atoms with Crippen molar-refractivity contribution in [3.63, 3.8) is 0 Å². The Balaban J connectivity index is 2.21. The molecular weight excluding hydrogens is 250 g/mol. The second-order valence-corrected chi connectivity index (χ2v) is 5.84. The summed E-state index contributed by atoms with van der Waals surface area (Å²) in [6.07, 6.45) is 1.95. The molecule has 0 saturated heterocycles. The molecule has 0 aliphatic heterocycles. The van der Waals surface area contributed by atoms with Crippen LogP contribution in [0.25, 0.3) is 0 Å². The van der Waals surface area contributed by atoms with E-state index in [2.05, 4.69) is 4.72 Å². The van der Waals surface area contributed by atoms with Gasteiger partial charge in [-0.1, -0.05) is 18.2 Å². The molecule has 0 aromatic heterocycles. The van der Waals surface area contributed by atoms with Gasteiger partial charge in [-0.25, -0.2) is 0 Å². The Morgan fingerprint density at radius 3 is 2.56 bits per heavy atom. The van der Waals surface area contributed by atoms with E-state index in [0.717, 1.165) is 12.8 Å². The van der Waals surface area contributed by atoms with Crippen LogP contribution in [0.1, 0.15) is 19.3 Å². The molecule has 0 bridgehead atoms. The molecule has 0 spiro atoms. The molecule has 1 aromatic carbocycles. The van der Waals surface area contributed by atoms with Crippen LogP contribution in [0.2, 0.25) is 0 Å². The van der Waals surface area contributed by atoms with Crippen molar-refractivity contribution >= 4 is 15.9 Å². The summed E-state index contributed by atoms with van der Waals surface area (Å²) in [4.78, 5) is 0. The molecule has 1 aromatic rings. The third kappa shape index (κ3) is 3.22. The summed E-state index contributed by atoms with van der Waals surface area (Å²) in [6.45, 7) is 0.169. The number of para-hydroxylation sites is 1. The zero-order valence-electron chi connectivity index (χ0n) is 9.91. The fourth-order valence-corrected chi connectivity index (χ4v) is 3.12. The summed E-state index contributed by atoms with van der Waals surface area (Å²) in [5, 5.41) is 8.63. The first-order chi connectivity index (χ1) is 8.63. The summed E-state index contributed by atoms with van der Waals surface area (Å²) in [7, 11) is -3.55. The maximum Gasteiger partial charge on any atom is 0.301 e. The number of hydrogen-bond donors (Lipinski definition) is 1. The summed E-state index contributed by atoms with van der Waals surface area (Å²) in [5.41, 5.74) is 0.584. The summed E-state index contributed by atoms with van der Waals surface area (Å²) < 4.78 is 28.3. The minimum absolute atomic E-state index is 0.0586. The van der Waals surface area contributed by atoms with Crippen molar-refractivity contribution in [1.29, 1.82) is 5.26 Å². The first-order valence-corrected chi connectivity index (χ1v) is 7.29. The van der Waals surface area contributed by atoms with Crippen molar-refractivity contribution in [2.45, 2.75) is 25.3 Å². The van der Waals surface area contributed by atoms with E-state index in [1.165, 1.54) is 4.31 Å². The number of nitriles is 1. The predicted octanol–water partition coefficient (Wildman–Crippen LogP) is 1.40. The van der Waals surface area contributed by atoms with Gasteiger partial charge in [-0.05, 0) is 25.0 Å². The highest BCUT2D eigenvalue weighted by molar-refractivity contribution is 7.90. The van der Waals surface area contributed by atoms with E-state index in [-0.39, 0.29) is 19.0 Å². The molecule has 6 heteroatoms. The van der Waals surface area contributed by atoms with Gasteiger partial charge >= 0.3 is 10.2 Å². The van der Waals surface area contributed by atoms with Crippen LogP contribution < -0.4 is 9.03 Å². The minimum Gasteiger partial charge on any atom is -0.257 e. The number of nitrogens with zero attached hydrogens (tertiary/aromatic N) is 2. The van der Waals surface area contributed by atoms with Gasteiger partial charge in [0, 0.05) is 12.6 Å². The van der Waals surface area contributed by atoms with E-state index in [0.29, 0.717) is 5.69 Å². The monoisotopic (exact) mass is 265 g/mol. The number of benzene rings is 1. The first-order valence-electron chi connectivity index (χ1n) is 5.85. The van der Waals surface area contributed by atoms with E-state index in [1.54, 1.807) is 24.3 Å². The highest BCUT2D eigenvalue weighted by atomic mass is 32.2. The Kier molecular flexibility index (Phi) is 3.84. The lowest BCUT2D eigenvalue weighted by Gasteiger charge is -2.23. The fraction of sp³-hybridized carbons (Fsp3) is 0.417. The van der Waals surface area contributed by atoms with Gasteiger partial charge in [0.2, 0.25) is 0 Å². The van der Waals surface area contributed by atoms with Crippen LogP contribution in [-0.4, -0.2) is 21.0 Å². The highest BCUT2D eigenvalue weighted by Gasteiger charge is 2.30. The van der Waals surface area contributed by atoms with Crippen LogP contribution in [0.15, 0.2) is 30.3 Å². The molecule has 1 aliphatic carbocycles. The lowest BCUT2D eigenvalue weighted by Crippen LogP contribution is -2.42. The molecule has 1 N–H and O–H groups in total. The predicted molar refractivity (Wildman–Crippen MR) is 69.1 cm³/mol. The maximum absolute atomic E-state index is 12.2. The van der Waals surface area contributed by atoms with Crippen molar-refractivity contribution in [2.24, 2.45) is 0 Å². The van der Waals surface area contributed by atoms with Gasteiger partial charge in [-0.2, -0.15) is 18.4 Å². The average molecular weight is 265 g/mol. The van der Waals surface area contributed by atoms with Crippen molar-refractivity contribution < 1.29 is 8.42 Å². The van der Waals surface area contributed by atoms with Crippen molar-refractivity contribution in [3.05, 3.63) is 30.3 Å². The van der Waals surface area contributed by atoms with Gasteiger partial charge in [0.05, 0.1) is 18.2 Å². The standard InChI is InChI=1S/C12H15N3O2S/c13-9-4-10-15(12-5-2-1-3-6-12)18(16,17)14-11-7-8-11/h1-3,5-6,11,14H,4,7-8,10H2. The van der Waals surface area contributed by atoms with Crippen LogP contribution >= 0.6 is 0 Å². The SMILES string of the molecule is N#CCCN(c1ccccc1)S(=O)(=O)NC1CC1. The molecule has 1 fully saturated rings. The van der Waals surface area contributed by atoms with Gasteiger partial charge in [0.1, 0.15) is 0 Å². The van der Waals surface area contributed by atoms with Gasteiger partial charge in [-0.3, -0.25) is 4.31 Å². The molecule has 2 rings (SSSR count). The molecule has 0 radical (unpaired) electrons. The van der Waals surface area contributed by atoms with E-state index >= 15 is 0 Å². The Hall–Kier alpha value is -1.58. The van der Waals surface area contributed by atoms with Crippen molar-refractivity contribution in [1.82, 2.24) is 4.72 Å². The largest absolute Gasteiger partial charge is 0.301 e. The summed E-state index contributed by atoms with van der Waals surface area (Å²) in [5.74, 6) is 0. The van der Waals surface area contributed by atoms with Gasteiger partial charge < -0.3 is 0 Å². The molecule has 18 heavy (non-hydrogen) atoms. The first kappa shape index (κ1) is 12.9. The molecule has 0 unspecified atom stereocenters. The van der Waals surface area contributed by atoms with Crippen LogP contribution in [0.4, 0.5) is 5.69 Å². The number of hydrogen-bond acceptors (Lipinski definition) is 3. The number of nitrogens with one attached hydrogen (secondary N) is 1. The third-order valence-electron chi connectivity index (χ3n) is 2.65. The molecule has 1 aliphatic rings. The second kappa shape index (κ2) is 5.38. The maximum atomic E-state index is 12.2. The Bertz CT molecular complexity index is 532. The van der Waals surface area contributed by atoms with Crippen LogP contribution in [0.5, 0.6) is 0 Å². The highest BCUT2D eigenvalue weighted by Crippen LogP contribution is 2.23. The Morgan fingerprint density at radius 1 is 1.33 bits per heavy atom. The topological polar surface area (TPSA) is 73.2 Å². The van der Waals surface area contributed by atoms with Gasteiger partial charge in [0.25, 0.3) is 0 Å². The van der Waals surface area contributed by atoms with E-state index in [9.17, 15) is 8.42 Å². The molecule has 0 atom stereocenters. The second-order valence-electron chi connectivity index (χ2n) is 4.21. The zero-order valence-corrected chi connectivity index (χ0v) is 10.7. The summed E-state index contributed by atoms with van der Waals surface area (Å²) >= 11 is 0. The lowest BCUT2D eigenvalue weighted by molar-refractivity contribution is 0.575. The fourth-order valence-electron chi connectivity index (χ4n) is 1.61. The minimum atomic E-state index is -3.55. The quantitative estimate of drug-likeness (QED) is 0.845. The third-order valence-corrected chi connectivity index (χ3v) is 4.26. The van der Waals surface area contributed by atoms with Gasteiger partial charge in [-0.15, -0.1) is 0 Å². The molecular formula is C12H15N3O2S. The van der Waals surface area contributed by atoms with Crippen LogP contribution in [0.3, 0.4) is 0 Å². The van der Waals surface area contributed by atoms with Crippen molar-refractivity contribution in [2.75, 3.05) is 10.8 Å². The molecule has 0 heterocycles. The van der Waals surface area contributed by atoms with E-state index in [4.69, 9.17) is 5.26 Å². The Morgan fingerprint density at radius 2 is 2.00 bits per heavy atom. The van der Waals surface area contributed by atoms with Crippen molar-refractivity contribution in [3.8, 4) is 6.07 Å². The van der Waals surface area contributed by atoms with Crippen LogP contribution in [-0.2, 0) is 10.2 Å². The molecule has 5 nitrogen and oxygen atoms in total. The molecule has 1 saturated carbocycles. The van der Waals surface area contributed by atoms with Gasteiger partial charge in [0.15, 0.2) is 0 Å². The Labute approximate surface area is 107 Å². The number of rotatable bonds is 6. The van der Waals surface area contributed by atoms with E-state index in [1.807, 2.05) is 12.1 Å². The number of anilines is 1.